The molecule has 2 aromatic heterocycles. The Morgan fingerprint density at radius 1 is 1.15 bits per heavy atom. The lowest BCUT2D eigenvalue weighted by Crippen LogP contribution is -2.36. The minimum atomic E-state index is 0.656. The van der Waals surface area contributed by atoms with E-state index < -0.39 is 0 Å². The topological polar surface area (TPSA) is 52.6 Å². The van der Waals surface area contributed by atoms with E-state index in [0.29, 0.717) is 6.54 Å². The van der Waals surface area contributed by atoms with Gasteiger partial charge >= 0.3 is 0 Å². The highest BCUT2D eigenvalue weighted by atomic mass is 32.1. The molecular formula is C20H29N5S. The van der Waals surface area contributed by atoms with Crippen LogP contribution in [-0.4, -0.2) is 30.6 Å². The van der Waals surface area contributed by atoms with E-state index >= 15 is 0 Å². The second-order valence-corrected chi connectivity index (χ2v) is 7.74. The second-order valence-electron chi connectivity index (χ2n) is 6.49. The zero-order valence-corrected chi connectivity index (χ0v) is 16.6. The van der Waals surface area contributed by atoms with Gasteiger partial charge in [0.1, 0.15) is 5.82 Å². The summed E-state index contributed by atoms with van der Waals surface area (Å²) in [5.41, 5.74) is 1.20. The highest BCUT2D eigenvalue weighted by Gasteiger charge is 2.13. The fourth-order valence-corrected chi connectivity index (χ4v) is 3.97. The van der Waals surface area contributed by atoms with E-state index in [-0.39, 0.29) is 0 Å². The Morgan fingerprint density at radius 3 is 2.69 bits per heavy atom. The molecule has 0 saturated carbocycles. The van der Waals surface area contributed by atoms with Gasteiger partial charge < -0.3 is 15.5 Å². The standard InChI is InChI=1S/C20H29N5S/c1-3-17-7-8-18(26-17)15-24-20(21-4-2)23-14-16-9-10-22-19(13-16)25-11-5-6-12-25/h7-10,13H,3-6,11-12,14-15H2,1-2H3,(H2,21,23,24). The van der Waals surface area contributed by atoms with Crippen molar-refractivity contribution in [3.8, 4) is 0 Å². The Balaban J connectivity index is 1.60. The molecule has 0 aromatic carbocycles. The minimum absolute atomic E-state index is 0.656. The fourth-order valence-electron chi connectivity index (χ4n) is 3.07. The number of anilines is 1. The first kappa shape index (κ1) is 18.7. The average molecular weight is 372 g/mol. The summed E-state index contributed by atoms with van der Waals surface area (Å²) >= 11 is 1.86. The number of hydrogen-bond donors (Lipinski definition) is 2. The predicted octanol–water partition coefficient (Wildman–Crippen LogP) is 3.56. The number of aromatic nitrogens is 1. The molecule has 1 fully saturated rings. The number of rotatable bonds is 7. The summed E-state index contributed by atoms with van der Waals surface area (Å²) in [7, 11) is 0. The SMILES string of the molecule is CCNC(=NCc1ccnc(N2CCCC2)c1)NCc1ccc(CC)s1. The van der Waals surface area contributed by atoms with Gasteiger partial charge in [-0.3, -0.25) is 0 Å². The van der Waals surface area contributed by atoms with Gasteiger partial charge in [-0.15, -0.1) is 11.3 Å². The van der Waals surface area contributed by atoms with Gasteiger partial charge in [0.15, 0.2) is 5.96 Å². The van der Waals surface area contributed by atoms with Crippen molar-refractivity contribution in [2.24, 2.45) is 4.99 Å². The number of aryl methyl sites for hydroxylation is 1. The predicted molar refractivity (Wildman–Crippen MR) is 111 cm³/mol. The number of nitrogens with zero attached hydrogens (tertiary/aromatic N) is 3. The Hall–Kier alpha value is -2.08. The highest BCUT2D eigenvalue weighted by Crippen LogP contribution is 2.19. The number of aliphatic imine (C=N–C) groups is 1. The molecule has 26 heavy (non-hydrogen) atoms. The summed E-state index contributed by atoms with van der Waals surface area (Å²) < 4.78 is 0. The van der Waals surface area contributed by atoms with Crippen LogP contribution in [0.4, 0.5) is 5.82 Å². The molecule has 6 heteroatoms. The fraction of sp³-hybridized carbons (Fsp3) is 0.500. The molecule has 0 unspecified atom stereocenters. The molecule has 3 heterocycles. The highest BCUT2D eigenvalue weighted by molar-refractivity contribution is 7.11. The molecule has 2 aromatic rings. The van der Waals surface area contributed by atoms with E-state index in [1.165, 1.54) is 28.2 Å². The van der Waals surface area contributed by atoms with Crippen LogP contribution < -0.4 is 15.5 Å². The molecule has 0 spiro atoms. The van der Waals surface area contributed by atoms with Gasteiger partial charge in [0, 0.05) is 35.6 Å². The molecule has 2 N–H and O–H groups in total. The maximum absolute atomic E-state index is 4.75. The zero-order chi connectivity index (χ0) is 18.2. The van der Waals surface area contributed by atoms with Crippen molar-refractivity contribution in [2.75, 3.05) is 24.5 Å². The van der Waals surface area contributed by atoms with Crippen molar-refractivity contribution in [3.63, 3.8) is 0 Å². The van der Waals surface area contributed by atoms with Gasteiger partial charge in [-0.2, -0.15) is 0 Å². The van der Waals surface area contributed by atoms with Gasteiger partial charge in [-0.05, 0) is 56.0 Å². The van der Waals surface area contributed by atoms with Crippen molar-refractivity contribution < 1.29 is 0 Å². The summed E-state index contributed by atoms with van der Waals surface area (Å²) in [6, 6.07) is 8.64. The number of guanidine groups is 1. The van der Waals surface area contributed by atoms with Crippen LogP contribution in [0.1, 0.15) is 42.0 Å². The van der Waals surface area contributed by atoms with Crippen molar-refractivity contribution >= 4 is 23.1 Å². The van der Waals surface area contributed by atoms with Crippen molar-refractivity contribution in [2.45, 2.75) is 46.2 Å². The van der Waals surface area contributed by atoms with E-state index in [9.17, 15) is 0 Å². The van der Waals surface area contributed by atoms with Crippen LogP contribution in [0.3, 0.4) is 0 Å². The first-order chi connectivity index (χ1) is 12.8. The number of nitrogens with one attached hydrogen (secondary N) is 2. The molecule has 0 bridgehead atoms. The maximum Gasteiger partial charge on any atom is 0.191 e. The van der Waals surface area contributed by atoms with Crippen LogP contribution in [-0.2, 0) is 19.5 Å². The Morgan fingerprint density at radius 2 is 1.96 bits per heavy atom. The van der Waals surface area contributed by atoms with Crippen LogP contribution in [0.2, 0.25) is 0 Å². The zero-order valence-electron chi connectivity index (χ0n) is 15.8. The summed E-state index contributed by atoms with van der Waals surface area (Å²) in [5.74, 6) is 1.94. The van der Waals surface area contributed by atoms with Gasteiger partial charge in [0.25, 0.3) is 0 Å². The molecule has 1 aliphatic rings. The molecule has 0 radical (unpaired) electrons. The molecule has 1 aliphatic heterocycles. The van der Waals surface area contributed by atoms with Crippen molar-refractivity contribution in [1.82, 2.24) is 15.6 Å². The van der Waals surface area contributed by atoms with E-state index in [1.807, 2.05) is 17.5 Å². The van der Waals surface area contributed by atoms with E-state index in [2.05, 4.69) is 58.6 Å². The number of hydrogen-bond acceptors (Lipinski definition) is 4. The first-order valence-corrected chi connectivity index (χ1v) is 10.4. The van der Waals surface area contributed by atoms with Gasteiger partial charge in [0.05, 0.1) is 13.1 Å². The Bertz CT molecular complexity index is 718. The molecular weight excluding hydrogens is 342 g/mol. The van der Waals surface area contributed by atoms with Crippen LogP contribution >= 0.6 is 11.3 Å². The second kappa shape index (κ2) is 9.57. The third-order valence-corrected chi connectivity index (χ3v) is 5.73. The lowest BCUT2D eigenvalue weighted by Gasteiger charge is -2.16. The van der Waals surface area contributed by atoms with Crippen LogP contribution in [0.5, 0.6) is 0 Å². The third-order valence-electron chi connectivity index (χ3n) is 4.50. The van der Waals surface area contributed by atoms with Crippen molar-refractivity contribution in [1.29, 1.82) is 0 Å². The minimum Gasteiger partial charge on any atom is -0.357 e. The smallest absolute Gasteiger partial charge is 0.191 e. The third kappa shape index (κ3) is 5.21. The molecule has 0 amide bonds. The summed E-state index contributed by atoms with van der Waals surface area (Å²) in [6.45, 7) is 8.84. The van der Waals surface area contributed by atoms with Gasteiger partial charge in [0.2, 0.25) is 0 Å². The maximum atomic E-state index is 4.75. The lowest BCUT2D eigenvalue weighted by molar-refractivity contribution is 0.822. The molecule has 140 valence electrons. The Labute approximate surface area is 160 Å². The summed E-state index contributed by atoms with van der Waals surface area (Å²) in [6.07, 6.45) is 5.53. The van der Waals surface area contributed by atoms with Crippen LogP contribution in [0, 0.1) is 0 Å². The Kier molecular flexibility index (Phi) is 6.89. The van der Waals surface area contributed by atoms with Crippen molar-refractivity contribution in [3.05, 3.63) is 45.8 Å². The first-order valence-electron chi connectivity index (χ1n) is 9.58. The molecule has 1 saturated heterocycles. The van der Waals surface area contributed by atoms with Crippen LogP contribution in [0.15, 0.2) is 35.5 Å². The van der Waals surface area contributed by atoms with Gasteiger partial charge in [-0.1, -0.05) is 6.92 Å². The summed E-state index contributed by atoms with van der Waals surface area (Å²) in [5, 5.41) is 6.77. The summed E-state index contributed by atoms with van der Waals surface area (Å²) in [4.78, 5) is 14.4. The average Bonchev–Trinajstić information content (AvgIpc) is 3.36. The number of pyridine rings is 1. The lowest BCUT2D eigenvalue weighted by atomic mass is 10.2. The quantitative estimate of drug-likeness (QED) is 0.577. The normalized spacial score (nSPS) is 14.7. The molecule has 3 rings (SSSR count). The van der Waals surface area contributed by atoms with E-state index in [0.717, 1.165) is 44.4 Å². The number of thiophene rings is 1. The molecule has 5 nitrogen and oxygen atoms in total. The van der Waals surface area contributed by atoms with Crippen LogP contribution in [0.25, 0.3) is 0 Å². The molecule has 0 aliphatic carbocycles. The van der Waals surface area contributed by atoms with E-state index in [4.69, 9.17) is 4.99 Å². The largest absolute Gasteiger partial charge is 0.357 e. The monoisotopic (exact) mass is 371 g/mol. The van der Waals surface area contributed by atoms with E-state index in [1.54, 1.807) is 0 Å². The van der Waals surface area contributed by atoms with Gasteiger partial charge in [-0.25, -0.2) is 9.98 Å². The molecule has 0 atom stereocenters.